The fraction of sp³-hybridized carbons (Fsp3) is 0.565. The molecule has 0 saturated carbocycles. The van der Waals surface area contributed by atoms with Gasteiger partial charge in [0.2, 0.25) is 0 Å². The molecule has 0 spiro atoms. The summed E-state index contributed by atoms with van der Waals surface area (Å²) in [6, 6.07) is 14.1. The third-order valence-electron chi connectivity index (χ3n) is 10.6. The first-order valence-electron chi connectivity index (χ1n) is 21.0. The average molecular weight is 803 g/mol. The average Bonchev–Trinajstić information content (AvgIpc) is 3.99. The zero-order chi connectivity index (χ0) is 36.8. The first-order valence-corrected chi connectivity index (χ1v) is 25.1. The Morgan fingerprint density at radius 3 is 1.34 bits per heavy atom. The third-order valence-corrected chi connectivity index (χ3v) is 16.4. The van der Waals surface area contributed by atoms with Gasteiger partial charge in [-0.3, -0.25) is 0 Å². The molecule has 0 aliphatic rings. The Kier molecular flexibility index (Phi) is 16.5. The van der Waals surface area contributed by atoms with Gasteiger partial charge in [-0.1, -0.05) is 129 Å². The molecule has 0 atom stereocenters. The Labute approximate surface area is 340 Å². The van der Waals surface area contributed by atoms with E-state index < -0.39 is 0 Å². The summed E-state index contributed by atoms with van der Waals surface area (Å²) in [5.41, 5.74) is 5.22. The molecule has 6 rings (SSSR count). The van der Waals surface area contributed by atoms with E-state index in [2.05, 4.69) is 64.1 Å². The van der Waals surface area contributed by atoms with Crippen molar-refractivity contribution in [1.82, 2.24) is 9.97 Å². The zero-order valence-electron chi connectivity index (χ0n) is 33.0. The molecule has 0 unspecified atom stereocenters. The minimum Gasteiger partial charge on any atom is -0.235 e. The van der Waals surface area contributed by atoms with Crippen LogP contribution in [-0.4, -0.2) is 9.97 Å². The van der Waals surface area contributed by atoms with Crippen LogP contribution in [0.25, 0.3) is 50.0 Å². The van der Waals surface area contributed by atoms with Crippen LogP contribution in [0.2, 0.25) is 0 Å². The van der Waals surface area contributed by atoms with Crippen LogP contribution in [0.4, 0.5) is 0 Å². The summed E-state index contributed by atoms with van der Waals surface area (Å²) in [5.74, 6) is 0. The molecule has 0 bridgehead atoms. The van der Waals surface area contributed by atoms with Crippen LogP contribution in [0, 0.1) is 13.8 Å². The highest BCUT2D eigenvalue weighted by atomic mass is 32.1. The Balaban J connectivity index is 1.10. The highest BCUT2D eigenvalue weighted by molar-refractivity contribution is 7.28. The molecule has 0 aliphatic heterocycles. The van der Waals surface area contributed by atoms with Gasteiger partial charge in [0.15, 0.2) is 0 Å². The van der Waals surface area contributed by atoms with Gasteiger partial charge in [-0.15, -0.1) is 56.7 Å². The number of benzene rings is 1. The Morgan fingerprint density at radius 2 is 0.868 bits per heavy atom. The number of aromatic nitrogens is 2. The fourth-order valence-electron chi connectivity index (χ4n) is 7.57. The number of thiophene rings is 3. The van der Waals surface area contributed by atoms with Crippen molar-refractivity contribution in [2.75, 3.05) is 0 Å². The quantitative estimate of drug-likeness (QED) is 0.0539. The summed E-state index contributed by atoms with van der Waals surface area (Å²) in [5, 5.41) is 2.36. The molecule has 5 heterocycles. The van der Waals surface area contributed by atoms with Gasteiger partial charge >= 0.3 is 0 Å². The van der Waals surface area contributed by atoms with Gasteiger partial charge in [-0.25, -0.2) is 9.97 Å². The van der Waals surface area contributed by atoms with Crippen molar-refractivity contribution >= 4 is 77.1 Å². The lowest BCUT2D eigenvalue weighted by Crippen LogP contribution is -1.87. The van der Waals surface area contributed by atoms with E-state index in [4.69, 9.17) is 9.97 Å². The second kappa shape index (κ2) is 21.4. The van der Waals surface area contributed by atoms with Gasteiger partial charge in [0.25, 0.3) is 0 Å². The fourth-order valence-corrected chi connectivity index (χ4v) is 13.0. The Morgan fingerprint density at radius 1 is 0.415 bits per heavy atom. The van der Waals surface area contributed by atoms with E-state index in [9.17, 15) is 0 Å². The van der Waals surface area contributed by atoms with Crippen LogP contribution < -0.4 is 0 Å². The van der Waals surface area contributed by atoms with Crippen molar-refractivity contribution in [2.24, 2.45) is 0 Å². The maximum absolute atomic E-state index is 5.31. The van der Waals surface area contributed by atoms with Crippen LogP contribution >= 0.6 is 56.7 Å². The van der Waals surface area contributed by atoms with Crippen molar-refractivity contribution in [3.8, 4) is 29.5 Å². The molecule has 0 saturated heterocycles. The SMILES string of the molecule is CCCCCCCCCCCCc1cc(C)sc1-c1nc2cc3sc(-c4sc(-c5ccc(C)s5)cc4CCCCCCCCCCCC)nc3cc2s1. The molecular formula is C46H62N2S5. The van der Waals surface area contributed by atoms with Gasteiger partial charge < -0.3 is 0 Å². The zero-order valence-corrected chi connectivity index (χ0v) is 37.0. The maximum atomic E-state index is 5.31. The molecular weight excluding hydrogens is 741 g/mol. The molecule has 1 aromatic carbocycles. The summed E-state index contributed by atoms with van der Waals surface area (Å²) >= 11 is 9.49. The summed E-state index contributed by atoms with van der Waals surface area (Å²) in [6.07, 6.45) is 29.9. The molecule has 2 nitrogen and oxygen atoms in total. The van der Waals surface area contributed by atoms with Crippen LogP contribution in [0.15, 0.2) is 36.4 Å². The molecule has 0 aliphatic carbocycles. The van der Waals surface area contributed by atoms with Crippen LogP contribution in [0.5, 0.6) is 0 Å². The molecule has 0 N–H and O–H groups in total. The van der Waals surface area contributed by atoms with E-state index in [0.717, 1.165) is 17.5 Å². The van der Waals surface area contributed by atoms with Gasteiger partial charge in [-0.2, -0.15) is 0 Å². The van der Waals surface area contributed by atoms with Crippen molar-refractivity contribution in [3.05, 3.63) is 57.3 Å². The lowest BCUT2D eigenvalue weighted by Gasteiger charge is -2.03. The monoisotopic (exact) mass is 802 g/mol. The summed E-state index contributed by atoms with van der Waals surface area (Å²) < 4.78 is 2.51. The van der Waals surface area contributed by atoms with E-state index in [1.165, 1.54) is 195 Å². The second-order valence-electron chi connectivity index (χ2n) is 15.3. The predicted molar refractivity (Wildman–Crippen MR) is 243 cm³/mol. The molecule has 7 heteroatoms. The number of hydrogen-bond donors (Lipinski definition) is 0. The predicted octanol–water partition coefficient (Wildman–Crippen LogP) is 17.6. The van der Waals surface area contributed by atoms with E-state index >= 15 is 0 Å². The van der Waals surface area contributed by atoms with Crippen LogP contribution in [0.3, 0.4) is 0 Å². The number of rotatable bonds is 25. The molecule has 6 aromatic rings. The Hall–Kier alpha value is -1.90. The van der Waals surface area contributed by atoms with E-state index in [1.807, 2.05) is 56.7 Å². The van der Waals surface area contributed by atoms with Gasteiger partial charge in [-0.05, 0) is 87.1 Å². The number of nitrogens with zero attached hydrogens (tertiary/aromatic N) is 2. The number of thiazole rings is 2. The van der Waals surface area contributed by atoms with Crippen LogP contribution in [-0.2, 0) is 12.8 Å². The van der Waals surface area contributed by atoms with Gasteiger partial charge in [0.1, 0.15) is 10.0 Å². The smallest absolute Gasteiger partial charge is 0.134 e. The first-order chi connectivity index (χ1) is 26.0. The summed E-state index contributed by atoms with van der Waals surface area (Å²) in [6.45, 7) is 9.07. The molecule has 0 radical (unpaired) electrons. The van der Waals surface area contributed by atoms with E-state index in [0.29, 0.717) is 0 Å². The van der Waals surface area contributed by atoms with Crippen molar-refractivity contribution in [1.29, 1.82) is 0 Å². The highest BCUT2D eigenvalue weighted by Crippen LogP contribution is 2.45. The minimum atomic E-state index is 1.12. The summed E-state index contributed by atoms with van der Waals surface area (Å²) in [4.78, 5) is 18.9. The lowest BCUT2D eigenvalue weighted by molar-refractivity contribution is 0.556. The molecule has 53 heavy (non-hydrogen) atoms. The van der Waals surface area contributed by atoms with Crippen molar-refractivity contribution in [2.45, 2.75) is 169 Å². The molecule has 0 fully saturated rings. The van der Waals surface area contributed by atoms with E-state index in [-0.39, 0.29) is 0 Å². The van der Waals surface area contributed by atoms with Gasteiger partial charge in [0, 0.05) is 19.5 Å². The van der Waals surface area contributed by atoms with E-state index in [1.54, 1.807) is 0 Å². The normalized spacial score (nSPS) is 11.9. The molecule has 0 amide bonds. The summed E-state index contributed by atoms with van der Waals surface area (Å²) in [7, 11) is 0. The molecule has 5 aromatic heterocycles. The third kappa shape index (κ3) is 11.8. The van der Waals surface area contributed by atoms with Crippen LogP contribution in [0.1, 0.15) is 163 Å². The number of unbranched alkanes of at least 4 members (excludes halogenated alkanes) is 18. The number of aryl methyl sites for hydroxylation is 4. The second-order valence-corrected chi connectivity index (χ2v) is 20.9. The highest BCUT2D eigenvalue weighted by Gasteiger charge is 2.19. The maximum Gasteiger partial charge on any atom is 0.134 e. The largest absolute Gasteiger partial charge is 0.235 e. The Bertz CT molecular complexity index is 1910. The number of fused-ring (bicyclic) bond motifs is 2. The topological polar surface area (TPSA) is 25.8 Å². The van der Waals surface area contributed by atoms with Crippen molar-refractivity contribution < 1.29 is 0 Å². The standard InChI is InChI=1S/C46H62N2S5/c1-5-7-9-11-13-15-17-19-21-23-25-35-29-34(4)50-43(35)45-47-37-31-41-38(32-40(37)52-45)48-46(53-41)44-36(30-42(51-44)39-28-27-33(3)49-39)26-24-22-20-18-16-14-12-10-8-6-2/h27-32H,5-26H2,1-4H3. The van der Waals surface area contributed by atoms with Gasteiger partial charge in [0.05, 0.1) is 30.2 Å². The lowest BCUT2D eigenvalue weighted by atomic mass is 10.0. The molecule has 286 valence electrons. The minimum absolute atomic E-state index is 1.12. The number of hydrogen-bond acceptors (Lipinski definition) is 7. The van der Waals surface area contributed by atoms with Crippen molar-refractivity contribution in [3.63, 3.8) is 0 Å². The first kappa shape index (κ1) is 40.8.